The Hall–Kier alpha value is -0.980. The van der Waals surface area contributed by atoms with Gasteiger partial charge in [-0.15, -0.1) is 0 Å². The van der Waals surface area contributed by atoms with Crippen LogP contribution in [0.4, 0.5) is 11.5 Å². The van der Waals surface area contributed by atoms with Gasteiger partial charge in [-0.1, -0.05) is 6.07 Å². The fourth-order valence-corrected chi connectivity index (χ4v) is 4.32. The van der Waals surface area contributed by atoms with Gasteiger partial charge in [0, 0.05) is 17.0 Å². The van der Waals surface area contributed by atoms with Gasteiger partial charge in [0.25, 0.3) is 0 Å². The molecular weight excluding hydrogens is 512 g/mol. The van der Waals surface area contributed by atoms with Crippen LogP contribution >= 0.6 is 12.0 Å². The first-order valence-electron chi connectivity index (χ1n) is 9.59. The molecule has 0 spiro atoms. The summed E-state index contributed by atoms with van der Waals surface area (Å²) < 4.78 is 38.1. The zero-order chi connectivity index (χ0) is 24.2. The van der Waals surface area contributed by atoms with Gasteiger partial charge in [-0.3, -0.25) is 5.04 Å². The molecule has 13 heteroatoms. The van der Waals surface area contributed by atoms with E-state index >= 15 is 0 Å². The van der Waals surface area contributed by atoms with Crippen LogP contribution < -0.4 is 69.7 Å². The molecule has 9 nitrogen and oxygen atoms in total. The van der Waals surface area contributed by atoms with E-state index in [2.05, 4.69) is 25.7 Å². The predicted octanol–water partition coefficient (Wildman–Crippen LogP) is -2.64. The van der Waals surface area contributed by atoms with Crippen molar-refractivity contribution in [2.24, 2.45) is 0 Å². The van der Waals surface area contributed by atoms with Crippen LogP contribution in [0.3, 0.4) is 0 Å². The molecular formula is C22H19N3Na2O6S2. The Labute approximate surface area is 252 Å². The molecule has 0 saturated carbocycles. The fraction of sp³-hybridized carbons (Fsp3) is 0.182. The van der Waals surface area contributed by atoms with Crippen molar-refractivity contribution in [2.75, 3.05) is 5.32 Å². The second-order valence-electron chi connectivity index (χ2n) is 7.30. The minimum Gasteiger partial charge on any atom is -0.744 e. The van der Waals surface area contributed by atoms with Crippen molar-refractivity contribution in [2.45, 2.75) is 37.0 Å². The number of benzene rings is 2. The molecule has 0 bridgehead atoms. The van der Waals surface area contributed by atoms with Crippen LogP contribution in [-0.4, -0.2) is 18.0 Å². The van der Waals surface area contributed by atoms with E-state index in [1.54, 1.807) is 37.3 Å². The molecule has 0 aliphatic carbocycles. The molecule has 0 radical (unpaired) electrons. The summed E-state index contributed by atoms with van der Waals surface area (Å²) in [6, 6.07) is 13.4. The van der Waals surface area contributed by atoms with Crippen molar-refractivity contribution >= 4 is 33.7 Å². The third kappa shape index (κ3) is 8.53. The largest absolute Gasteiger partial charge is 1.00 e. The molecule has 1 aromatic heterocycles. The van der Waals surface area contributed by atoms with Crippen LogP contribution in [0.2, 0.25) is 0 Å². The minimum absolute atomic E-state index is 0. The second kappa shape index (κ2) is 14.1. The Balaban J connectivity index is 0.00000306. The number of anilines is 2. The molecule has 0 saturated heterocycles. The van der Waals surface area contributed by atoms with Crippen LogP contribution in [0.15, 0.2) is 52.3 Å². The van der Waals surface area contributed by atoms with Crippen LogP contribution in [-0.2, 0) is 25.9 Å². The third-order valence-corrected chi connectivity index (χ3v) is 6.38. The SMILES string of the molecule is Cc1cc(S(=O)(=O)[O-])ccc1Cc1nc(Nc2ccc(SOO[O-])cc2C)cc(C)c1C#N.[Na+].[Na+]. The molecule has 2 aromatic carbocycles. The van der Waals surface area contributed by atoms with E-state index in [1.807, 2.05) is 13.8 Å². The maximum atomic E-state index is 11.3. The van der Waals surface area contributed by atoms with Gasteiger partial charge >= 0.3 is 59.1 Å². The van der Waals surface area contributed by atoms with E-state index in [1.165, 1.54) is 12.1 Å². The Morgan fingerprint density at radius 3 is 2.34 bits per heavy atom. The molecule has 0 aliphatic heterocycles. The van der Waals surface area contributed by atoms with Crippen LogP contribution in [0.25, 0.3) is 0 Å². The van der Waals surface area contributed by atoms with Gasteiger partial charge in [-0.25, -0.2) is 13.4 Å². The van der Waals surface area contributed by atoms with Crippen molar-refractivity contribution in [1.29, 1.82) is 5.26 Å². The summed E-state index contributed by atoms with van der Waals surface area (Å²) in [4.78, 5) is 5.00. The molecule has 3 rings (SSSR count). The van der Waals surface area contributed by atoms with E-state index in [9.17, 15) is 23.5 Å². The Kier molecular flexibility index (Phi) is 12.9. The van der Waals surface area contributed by atoms with Crippen molar-refractivity contribution in [3.63, 3.8) is 0 Å². The first-order valence-corrected chi connectivity index (χ1v) is 11.7. The molecule has 1 N–H and O–H groups in total. The third-order valence-electron chi connectivity index (χ3n) is 4.98. The number of nitrogens with zero attached hydrogens (tertiary/aromatic N) is 2. The van der Waals surface area contributed by atoms with Gasteiger partial charge in [0.05, 0.1) is 28.2 Å². The summed E-state index contributed by atoms with van der Waals surface area (Å²) in [7, 11) is -4.55. The average Bonchev–Trinajstić information content (AvgIpc) is 2.74. The monoisotopic (exact) mass is 531 g/mol. The van der Waals surface area contributed by atoms with Crippen LogP contribution in [0.1, 0.15) is 33.5 Å². The Bertz CT molecular complexity index is 1350. The van der Waals surface area contributed by atoms with Gasteiger partial charge in [0.15, 0.2) is 0 Å². The van der Waals surface area contributed by atoms with Gasteiger partial charge < -0.3 is 15.1 Å². The fourth-order valence-electron chi connectivity index (χ4n) is 3.31. The summed E-state index contributed by atoms with van der Waals surface area (Å²) in [6.45, 7) is 5.38. The summed E-state index contributed by atoms with van der Waals surface area (Å²) >= 11 is 0.793. The van der Waals surface area contributed by atoms with Crippen LogP contribution in [0, 0.1) is 32.1 Å². The molecule has 0 fully saturated rings. The number of aromatic nitrogens is 1. The summed E-state index contributed by atoms with van der Waals surface area (Å²) in [5, 5.41) is 26.2. The number of nitriles is 1. The first kappa shape index (κ1) is 32.0. The molecule has 0 amide bonds. The normalized spacial score (nSPS) is 10.6. The molecule has 3 aromatic rings. The zero-order valence-electron chi connectivity index (χ0n) is 19.9. The number of aryl methyl sites for hydroxylation is 3. The second-order valence-corrected chi connectivity index (χ2v) is 9.45. The number of nitrogens with one attached hydrogen (secondary N) is 1. The summed E-state index contributed by atoms with van der Waals surface area (Å²) in [5.41, 5.74) is 4.68. The van der Waals surface area contributed by atoms with E-state index in [4.69, 9.17) is 0 Å². The van der Waals surface area contributed by atoms with Crippen molar-refractivity contribution in [1.82, 2.24) is 4.98 Å². The maximum Gasteiger partial charge on any atom is 1.00 e. The number of hydrogen-bond donors (Lipinski definition) is 1. The van der Waals surface area contributed by atoms with E-state index < -0.39 is 10.1 Å². The van der Waals surface area contributed by atoms with Gasteiger partial charge in [0.1, 0.15) is 22.0 Å². The average molecular weight is 532 g/mol. The smallest absolute Gasteiger partial charge is 0.744 e. The number of hydrogen-bond acceptors (Lipinski definition) is 10. The zero-order valence-corrected chi connectivity index (χ0v) is 25.5. The van der Waals surface area contributed by atoms with Crippen molar-refractivity contribution in [3.05, 3.63) is 76.0 Å². The standard InChI is InChI=1S/C22H21N3O6S2.2Na/c1-13-9-18(33(27,28)29)6-4-16(13)11-21-19(12-23)14(2)10-22(25-21)24-20-7-5-17(8-15(20)3)32-31-30-26;;/h4-10,26H,11H2,1-3H3,(H,24,25)(H,27,28,29);;/q;2*+1/p-2. The maximum absolute atomic E-state index is 11.3. The van der Waals surface area contributed by atoms with Gasteiger partial charge in [-0.05, 0) is 79.4 Å². The molecule has 0 atom stereocenters. The number of rotatable bonds is 8. The Morgan fingerprint density at radius 1 is 1.06 bits per heavy atom. The van der Waals surface area contributed by atoms with E-state index in [0.29, 0.717) is 27.5 Å². The molecule has 0 unspecified atom stereocenters. The quantitative estimate of drug-likeness (QED) is 0.108. The van der Waals surface area contributed by atoms with Crippen LogP contribution in [0.5, 0.6) is 0 Å². The number of pyridine rings is 1. The summed E-state index contributed by atoms with van der Waals surface area (Å²) in [5.74, 6) is 0.528. The molecule has 1 heterocycles. The van der Waals surface area contributed by atoms with Crippen molar-refractivity contribution < 1.29 is 86.7 Å². The molecule has 35 heavy (non-hydrogen) atoms. The minimum atomic E-state index is -4.55. The Morgan fingerprint density at radius 2 is 1.77 bits per heavy atom. The first-order chi connectivity index (χ1) is 15.6. The predicted molar refractivity (Wildman–Crippen MR) is 118 cm³/mol. The van der Waals surface area contributed by atoms with E-state index in [0.717, 1.165) is 34.4 Å². The topological polar surface area (TPSA) is 147 Å². The molecule has 172 valence electrons. The summed E-state index contributed by atoms with van der Waals surface area (Å²) in [6.07, 6.45) is 0.283. The van der Waals surface area contributed by atoms with Crippen molar-refractivity contribution in [3.8, 4) is 6.07 Å². The van der Waals surface area contributed by atoms with Gasteiger partial charge in [0.2, 0.25) is 0 Å². The van der Waals surface area contributed by atoms with Gasteiger partial charge in [-0.2, -0.15) is 9.60 Å². The molecule has 0 aliphatic rings. The van der Waals surface area contributed by atoms with E-state index in [-0.39, 0.29) is 70.4 Å².